The van der Waals surface area contributed by atoms with Crippen molar-refractivity contribution in [1.29, 1.82) is 0 Å². The molecular weight excluding hydrogens is 238 g/mol. The molecule has 0 fully saturated rings. The highest BCUT2D eigenvalue weighted by Gasteiger charge is 2.02. The topological polar surface area (TPSA) is 66.4 Å². The van der Waals surface area contributed by atoms with Gasteiger partial charge in [-0.05, 0) is 17.7 Å². The molecule has 0 bridgehead atoms. The highest BCUT2D eigenvalue weighted by Crippen LogP contribution is 2.09. The Morgan fingerprint density at radius 2 is 2.13 bits per heavy atom. The van der Waals surface area contributed by atoms with Crippen molar-refractivity contribution in [2.45, 2.75) is 6.54 Å². The molecule has 0 aromatic heterocycles. The predicted octanol–water partition coefficient (Wildman–Crippen LogP) is 1.32. The largest absolute Gasteiger partial charge is 0.312 e. The second-order valence-electron chi connectivity index (χ2n) is 3.09. The second kappa shape index (κ2) is 5.46. The molecule has 1 aromatic carbocycles. The van der Waals surface area contributed by atoms with Crippen LogP contribution in [0.3, 0.4) is 0 Å². The summed E-state index contributed by atoms with van der Waals surface area (Å²) in [6, 6.07) is 7.26. The Balaban J connectivity index is 2.32. The first-order valence-electron chi connectivity index (χ1n) is 4.38. The summed E-state index contributed by atoms with van der Waals surface area (Å²) in [6.07, 6.45) is 0. The Labute approximate surface area is 94.0 Å². The van der Waals surface area contributed by atoms with Gasteiger partial charge in [-0.3, -0.25) is 4.55 Å². The first-order valence-corrected chi connectivity index (χ1v) is 6.36. The Kier molecular flexibility index (Phi) is 4.53. The van der Waals surface area contributed by atoms with Crippen LogP contribution in [0.4, 0.5) is 0 Å². The molecule has 0 radical (unpaired) electrons. The standard InChI is InChI=1S/C9H12ClNO3S/c10-9-3-1-2-8(6-9)7-11-4-5-15(12,13)14/h1-3,6,11H,4-5,7H2,(H,12,13,14). The molecule has 0 saturated heterocycles. The summed E-state index contributed by atoms with van der Waals surface area (Å²) in [7, 11) is -3.88. The third-order valence-corrected chi connectivity index (χ3v) is 2.71. The molecule has 4 nitrogen and oxygen atoms in total. The van der Waals surface area contributed by atoms with Gasteiger partial charge in [-0.1, -0.05) is 23.7 Å². The third-order valence-electron chi connectivity index (χ3n) is 1.75. The zero-order chi connectivity index (χ0) is 11.3. The number of halogens is 1. The molecule has 1 aromatic rings. The summed E-state index contributed by atoms with van der Waals surface area (Å²) < 4.78 is 29.3. The summed E-state index contributed by atoms with van der Waals surface area (Å²) in [5.41, 5.74) is 0.970. The first kappa shape index (κ1) is 12.4. The molecule has 0 saturated carbocycles. The van der Waals surface area contributed by atoms with Crippen molar-refractivity contribution in [3.05, 3.63) is 34.9 Å². The van der Waals surface area contributed by atoms with Gasteiger partial charge in [-0.25, -0.2) is 0 Å². The van der Waals surface area contributed by atoms with Crippen LogP contribution in [-0.2, 0) is 16.7 Å². The first-order chi connectivity index (χ1) is 6.97. The molecule has 0 amide bonds. The molecule has 15 heavy (non-hydrogen) atoms. The van der Waals surface area contributed by atoms with Gasteiger partial charge in [0.25, 0.3) is 10.1 Å². The number of hydrogen-bond donors (Lipinski definition) is 2. The zero-order valence-corrected chi connectivity index (χ0v) is 9.55. The van der Waals surface area contributed by atoms with E-state index in [0.717, 1.165) is 5.56 Å². The van der Waals surface area contributed by atoms with E-state index in [0.29, 0.717) is 11.6 Å². The molecule has 0 aliphatic carbocycles. The summed E-state index contributed by atoms with van der Waals surface area (Å²) >= 11 is 5.77. The fourth-order valence-corrected chi connectivity index (χ4v) is 1.70. The molecule has 84 valence electrons. The van der Waals surface area contributed by atoms with Gasteiger partial charge in [0.15, 0.2) is 0 Å². The summed E-state index contributed by atoms with van der Waals surface area (Å²) in [4.78, 5) is 0. The third kappa shape index (κ3) is 5.74. The lowest BCUT2D eigenvalue weighted by Gasteiger charge is -2.03. The minimum Gasteiger partial charge on any atom is -0.312 e. The maximum absolute atomic E-state index is 10.4. The SMILES string of the molecule is O=S(=O)(O)CCNCc1cccc(Cl)c1. The van der Waals surface area contributed by atoms with Gasteiger partial charge in [0.05, 0.1) is 5.75 Å². The lowest BCUT2D eigenvalue weighted by molar-refractivity contribution is 0.480. The van der Waals surface area contributed by atoms with Gasteiger partial charge in [0.1, 0.15) is 0 Å². The Morgan fingerprint density at radius 3 is 2.73 bits per heavy atom. The maximum Gasteiger partial charge on any atom is 0.266 e. The number of nitrogens with one attached hydrogen (secondary N) is 1. The van der Waals surface area contributed by atoms with Crippen molar-refractivity contribution in [2.24, 2.45) is 0 Å². The van der Waals surface area contributed by atoms with E-state index >= 15 is 0 Å². The van der Waals surface area contributed by atoms with Crippen LogP contribution >= 0.6 is 11.6 Å². The smallest absolute Gasteiger partial charge is 0.266 e. The van der Waals surface area contributed by atoms with E-state index in [4.69, 9.17) is 16.2 Å². The van der Waals surface area contributed by atoms with Crippen LogP contribution < -0.4 is 5.32 Å². The molecule has 1 rings (SSSR count). The fourth-order valence-electron chi connectivity index (χ4n) is 1.08. The molecule has 0 atom stereocenters. The molecule has 0 aliphatic heterocycles. The molecule has 0 spiro atoms. The van der Waals surface area contributed by atoms with E-state index in [-0.39, 0.29) is 12.3 Å². The van der Waals surface area contributed by atoms with E-state index in [1.807, 2.05) is 12.1 Å². The Bertz CT molecular complexity index is 419. The van der Waals surface area contributed by atoms with Crippen LogP contribution in [0.5, 0.6) is 0 Å². The van der Waals surface area contributed by atoms with Gasteiger partial charge in [0.2, 0.25) is 0 Å². The Hall–Kier alpha value is -0.620. The molecule has 0 aliphatic rings. The minimum atomic E-state index is -3.88. The van der Waals surface area contributed by atoms with Crippen LogP contribution in [0.2, 0.25) is 5.02 Å². The van der Waals surface area contributed by atoms with E-state index in [9.17, 15) is 8.42 Å². The van der Waals surface area contributed by atoms with Gasteiger partial charge in [-0.15, -0.1) is 0 Å². The van der Waals surface area contributed by atoms with Gasteiger partial charge < -0.3 is 5.32 Å². The molecule has 0 heterocycles. The van der Waals surface area contributed by atoms with Crippen LogP contribution in [0.1, 0.15) is 5.56 Å². The zero-order valence-electron chi connectivity index (χ0n) is 7.98. The van der Waals surface area contributed by atoms with Gasteiger partial charge in [-0.2, -0.15) is 8.42 Å². The van der Waals surface area contributed by atoms with E-state index in [1.165, 1.54) is 0 Å². The quantitative estimate of drug-likeness (QED) is 0.610. The van der Waals surface area contributed by atoms with Crippen molar-refractivity contribution in [2.75, 3.05) is 12.3 Å². The molecule has 2 N–H and O–H groups in total. The van der Waals surface area contributed by atoms with Crippen molar-refractivity contribution in [3.8, 4) is 0 Å². The highest BCUT2D eigenvalue weighted by molar-refractivity contribution is 7.85. The average molecular weight is 250 g/mol. The minimum absolute atomic E-state index is 0.214. The Morgan fingerprint density at radius 1 is 1.40 bits per heavy atom. The number of rotatable bonds is 5. The van der Waals surface area contributed by atoms with Gasteiger partial charge in [0, 0.05) is 18.1 Å². The lowest BCUT2D eigenvalue weighted by atomic mass is 10.2. The lowest BCUT2D eigenvalue weighted by Crippen LogP contribution is -2.22. The van der Waals surface area contributed by atoms with Crippen LogP contribution in [0.25, 0.3) is 0 Å². The van der Waals surface area contributed by atoms with Crippen molar-refractivity contribution in [3.63, 3.8) is 0 Å². The van der Waals surface area contributed by atoms with Crippen LogP contribution in [-0.4, -0.2) is 25.3 Å². The predicted molar refractivity (Wildman–Crippen MR) is 59.6 cm³/mol. The van der Waals surface area contributed by atoms with E-state index in [1.54, 1.807) is 12.1 Å². The van der Waals surface area contributed by atoms with E-state index in [2.05, 4.69) is 5.32 Å². The molecule has 6 heteroatoms. The van der Waals surface area contributed by atoms with E-state index < -0.39 is 10.1 Å². The average Bonchev–Trinajstić information content (AvgIpc) is 2.11. The van der Waals surface area contributed by atoms with Gasteiger partial charge >= 0.3 is 0 Å². The monoisotopic (exact) mass is 249 g/mol. The second-order valence-corrected chi connectivity index (χ2v) is 5.10. The molecular formula is C9H12ClNO3S. The summed E-state index contributed by atoms with van der Waals surface area (Å²) in [5, 5.41) is 3.53. The maximum atomic E-state index is 10.4. The summed E-state index contributed by atoms with van der Waals surface area (Å²) in [5.74, 6) is -0.284. The number of benzene rings is 1. The van der Waals surface area contributed by atoms with Crippen LogP contribution in [0.15, 0.2) is 24.3 Å². The molecule has 0 unspecified atom stereocenters. The van der Waals surface area contributed by atoms with Crippen LogP contribution in [0, 0.1) is 0 Å². The highest BCUT2D eigenvalue weighted by atomic mass is 35.5. The van der Waals surface area contributed by atoms with Crippen molar-refractivity contribution in [1.82, 2.24) is 5.32 Å². The normalized spacial score (nSPS) is 11.6. The fraction of sp³-hybridized carbons (Fsp3) is 0.333. The van der Waals surface area contributed by atoms with Crippen molar-refractivity contribution >= 4 is 21.7 Å². The van der Waals surface area contributed by atoms with Crippen molar-refractivity contribution < 1.29 is 13.0 Å². The summed E-state index contributed by atoms with van der Waals surface area (Å²) in [6.45, 7) is 0.738. The number of hydrogen-bond acceptors (Lipinski definition) is 3.